The SMILES string of the molecule is CC(C)(C)c1ccc(C(=O)Nc2cccc3c(=O)n(CCN4CCOCC4)ccc23)cc1. The van der Waals surface area contributed by atoms with Gasteiger partial charge in [0, 0.05) is 54.4 Å². The van der Waals surface area contributed by atoms with Crippen LogP contribution in [0.4, 0.5) is 5.69 Å². The molecule has 4 rings (SSSR count). The van der Waals surface area contributed by atoms with Crippen molar-refractivity contribution in [3.05, 3.63) is 76.2 Å². The Morgan fingerprint density at radius 3 is 2.38 bits per heavy atom. The topological polar surface area (TPSA) is 63.6 Å². The Kier molecular flexibility index (Phi) is 6.44. The first kappa shape index (κ1) is 22.2. The normalized spacial score (nSPS) is 15.1. The average molecular weight is 434 g/mol. The summed E-state index contributed by atoms with van der Waals surface area (Å²) in [6.45, 7) is 11.2. The molecule has 168 valence electrons. The number of anilines is 1. The van der Waals surface area contributed by atoms with E-state index >= 15 is 0 Å². The van der Waals surface area contributed by atoms with E-state index in [0.29, 0.717) is 23.2 Å². The third kappa shape index (κ3) is 4.92. The molecule has 3 aromatic rings. The van der Waals surface area contributed by atoms with Crippen molar-refractivity contribution in [1.82, 2.24) is 9.47 Å². The van der Waals surface area contributed by atoms with Gasteiger partial charge >= 0.3 is 0 Å². The third-order valence-corrected chi connectivity index (χ3v) is 6.04. The lowest BCUT2D eigenvalue weighted by molar-refractivity contribution is 0.0363. The number of nitrogens with one attached hydrogen (secondary N) is 1. The zero-order chi connectivity index (χ0) is 22.7. The molecule has 1 amide bonds. The molecule has 0 atom stereocenters. The molecule has 0 aliphatic carbocycles. The Morgan fingerprint density at radius 1 is 0.969 bits per heavy atom. The molecule has 2 aromatic carbocycles. The van der Waals surface area contributed by atoms with Gasteiger partial charge < -0.3 is 14.6 Å². The zero-order valence-corrected chi connectivity index (χ0v) is 19.1. The minimum absolute atomic E-state index is 0.0340. The van der Waals surface area contributed by atoms with Gasteiger partial charge in [-0.3, -0.25) is 14.5 Å². The number of amides is 1. The summed E-state index contributed by atoms with van der Waals surface area (Å²) in [6, 6.07) is 15.1. The highest BCUT2D eigenvalue weighted by Crippen LogP contribution is 2.24. The van der Waals surface area contributed by atoms with E-state index < -0.39 is 0 Å². The monoisotopic (exact) mass is 433 g/mol. The summed E-state index contributed by atoms with van der Waals surface area (Å²) in [5, 5.41) is 4.34. The highest BCUT2D eigenvalue weighted by Gasteiger charge is 2.16. The highest BCUT2D eigenvalue weighted by molar-refractivity contribution is 6.09. The summed E-state index contributed by atoms with van der Waals surface area (Å²) in [4.78, 5) is 28.2. The number of rotatable bonds is 5. The first-order chi connectivity index (χ1) is 15.3. The Labute approximate surface area is 188 Å². The molecule has 0 bridgehead atoms. The van der Waals surface area contributed by atoms with E-state index in [9.17, 15) is 9.59 Å². The summed E-state index contributed by atoms with van der Waals surface area (Å²) in [7, 11) is 0. The number of morpholine rings is 1. The Hall–Kier alpha value is -2.96. The van der Waals surface area contributed by atoms with E-state index in [1.54, 1.807) is 4.57 Å². The molecular formula is C26H31N3O3. The zero-order valence-electron chi connectivity index (χ0n) is 19.1. The fraction of sp³-hybridized carbons (Fsp3) is 0.385. The summed E-state index contributed by atoms with van der Waals surface area (Å²) < 4.78 is 7.13. The number of hydrogen-bond acceptors (Lipinski definition) is 4. The van der Waals surface area contributed by atoms with E-state index in [1.165, 1.54) is 5.56 Å². The third-order valence-electron chi connectivity index (χ3n) is 6.04. The number of pyridine rings is 1. The lowest BCUT2D eigenvalue weighted by atomic mass is 9.87. The molecule has 1 saturated heterocycles. The summed E-state index contributed by atoms with van der Waals surface area (Å²) in [6.07, 6.45) is 1.82. The molecule has 32 heavy (non-hydrogen) atoms. The fourth-order valence-electron chi connectivity index (χ4n) is 3.99. The number of fused-ring (bicyclic) bond motifs is 1. The van der Waals surface area contributed by atoms with E-state index in [0.717, 1.165) is 38.2 Å². The fourth-order valence-corrected chi connectivity index (χ4v) is 3.99. The first-order valence-electron chi connectivity index (χ1n) is 11.2. The molecular weight excluding hydrogens is 402 g/mol. The molecule has 1 aliphatic rings. The van der Waals surface area contributed by atoms with Crippen molar-refractivity contribution in [1.29, 1.82) is 0 Å². The van der Waals surface area contributed by atoms with E-state index in [1.807, 2.05) is 54.7 Å². The minimum Gasteiger partial charge on any atom is -0.379 e. The smallest absolute Gasteiger partial charge is 0.258 e. The molecule has 1 aliphatic heterocycles. The van der Waals surface area contributed by atoms with Gasteiger partial charge in [-0.25, -0.2) is 0 Å². The average Bonchev–Trinajstić information content (AvgIpc) is 2.79. The lowest BCUT2D eigenvalue weighted by Crippen LogP contribution is -2.39. The number of benzene rings is 2. The Morgan fingerprint density at radius 2 is 1.69 bits per heavy atom. The van der Waals surface area contributed by atoms with Crippen molar-refractivity contribution in [2.45, 2.75) is 32.7 Å². The van der Waals surface area contributed by atoms with Crippen molar-refractivity contribution >= 4 is 22.4 Å². The maximum atomic E-state index is 13.0. The number of hydrogen-bond donors (Lipinski definition) is 1. The van der Waals surface area contributed by atoms with Crippen LogP contribution in [0, 0.1) is 0 Å². The van der Waals surface area contributed by atoms with Gasteiger partial charge in [-0.05, 0) is 41.3 Å². The van der Waals surface area contributed by atoms with E-state index in [2.05, 4.69) is 31.0 Å². The summed E-state index contributed by atoms with van der Waals surface area (Å²) in [5.41, 5.74) is 2.41. The Balaban J connectivity index is 1.52. The molecule has 0 radical (unpaired) electrons. The van der Waals surface area contributed by atoms with Crippen molar-refractivity contribution in [2.75, 3.05) is 38.2 Å². The van der Waals surface area contributed by atoms with Crippen LogP contribution in [0.5, 0.6) is 0 Å². The van der Waals surface area contributed by atoms with Crippen LogP contribution in [0.3, 0.4) is 0 Å². The first-order valence-corrected chi connectivity index (χ1v) is 11.2. The van der Waals surface area contributed by atoms with Crippen LogP contribution >= 0.6 is 0 Å². The molecule has 0 unspecified atom stereocenters. The van der Waals surface area contributed by atoms with Crippen LogP contribution in [0.15, 0.2) is 59.5 Å². The molecule has 2 heterocycles. The number of nitrogens with zero attached hydrogens (tertiary/aromatic N) is 2. The van der Waals surface area contributed by atoms with Crippen molar-refractivity contribution in [3.63, 3.8) is 0 Å². The van der Waals surface area contributed by atoms with Gasteiger partial charge in [-0.1, -0.05) is 39.0 Å². The van der Waals surface area contributed by atoms with Crippen LogP contribution in [-0.2, 0) is 16.7 Å². The molecule has 0 saturated carbocycles. The van der Waals surface area contributed by atoms with Gasteiger partial charge in [0.1, 0.15) is 0 Å². The van der Waals surface area contributed by atoms with Gasteiger partial charge in [-0.15, -0.1) is 0 Å². The summed E-state index contributed by atoms with van der Waals surface area (Å²) in [5.74, 6) is -0.186. The molecule has 0 spiro atoms. The number of carbonyl (C=O) groups excluding carboxylic acids is 1. The Bertz CT molecular complexity index is 1150. The maximum Gasteiger partial charge on any atom is 0.258 e. The second-order valence-corrected chi connectivity index (χ2v) is 9.32. The van der Waals surface area contributed by atoms with Gasteiger partial charge in [0.2, 0.25) is 0 Å². The second-order valence-electron chi connectivity index (χ2n) is 9.32. The van der Waals surface area contributed by atoms with Crippen molar-refractivity contribution in [3.8, 4) is 0 Å². The minimum atomic E-state index is -0.186. The van der Waals surface area contributed by atoms with Gasteiger partial charge in [0.15, 0.2) is 0 Å². The lowest BCUT2D eigenvalue weighted by Gasteiger charge is -2.26. The molecule has 1 fully saturated rings. The van der Waals surface area contributed by atoms with Crippen LogP contribution in [0.1, 0.15) is 36.7 Å². The van der Waals surface area contributed by atoms with Gasteiger partial charge in [0.05, 0.1) is 13.2 Å². The standard InChI is InChI=1S/C26H31N3O3/c1-26(2,3)20-9-7-19(8-10-20)24(30)27-23-6-4-5-22-21(23)11-12-29(25(22)31)14-13-28-15-17-32-18-16-28/h4-12H,13-18H2,1-3H3,(H,27,30). The number of ether oxygens (including phenoxy) is 1. The van der Waals surface area contributed by atoms with Gasteiger partial charge in [-0.2, -0.15) is 0 Å². The second kappa shape index (κ2) is 9.27. The molecule has 1 aromatic heterocycles. The van der Waals surface area contributed by atoms with Gasteiger partial charge in [0.25, 0.3) is 11.5 Å². The quantitative estimate of drug-likeness (QED) is 0.663. The highest BCUT2D eigenvalue weighted by atomic mass is 16.5. The van der Waals surface area contributed by atoms with E-state index in [-0.39, 0.29) is 16.9 Å². The predicted molar refractivity (Wildman–Crippen MR) is 129 cm³/mol. The van der Waals surface area contributed by atoms with E-state index in [4.69, 9.17) is 4.74 Å². The number of aromatic nitrogens is 1. The molecule has 6 nitrogen and oxygen atoms in total. The van der Waals surface area contributed by atoms with Crippen LogP contribution in [-0.4, -0.2) is 48.2 Å². The predicted octanol–water partition coefficient (Wildman–Crippen LogP) is 3.88. The molecule has 1 N–H and O–H groups in total. The molecule has 6 heteroatoms. The van der Waals surface area contributed by atoms with Crippen LogP contribution in [0.2, 0.25) is 0 Å². The largest absolute Gasteiger partial charge is 0.379 e. The van der Waals surface area contributed by atoms with Crippen LogP contribution < -0.4 is 10.9 Å². The maximum absolute atomic E-state index is 13.0. The number of carbonyl (C=O) groups is 1. The van der Waals surface area contributed by atoms with Crippen molar-refractivity contribution in [2.24, 2.45) is 0 Å². The van der Waals surface area contributed by atoms with Crippen molar-refractivity contribution < 1.29 is 9.53 Å². The summed E-state index contributed by atoms with van der Waals surface area (Å²) >= 11 is 0. The van der Waals surface area contributed by atoms with Crippen LogP contribution in [0.25, 0.3) is 10.8 Å².